The molecule has 86 valence electrons. The predicted molar refractivity (Wildman–Crippen MR) is 68.2 cm³/mol. The minimum atomic E-state index is -0.416. The molecule has 0 amide bonds. The third-order valence-corrected chi connectivity index (χ3v) is 3.06. The first-order valence-corrected chi connectivity index (χ1v) is 6.48. The Morgan fingerprint density at radius 1 is 1.38 bits per heavy atom. The fraction of sp³-hybridized carbons (Fsp3) is 0.273. The average Bonchev–Trinajstić information content (AvgIpc) is 2.28. The molecular formula is C11H10Br2O3. The molecule has 0 bridgehead atoms. The van der Waals surface area contributed by atoms with Gasteiger partial charge in [0.25, 0.3) is 0 Å². The molecule has 0 unspecified atom stereocenters. The maximum atomic E-state index is 11.6. The number of hydrogen-bond acceptors (Lipinski definition) is 3. The molecule has 0 aliphatic rings. The number of carbonyl (C=O) groups excluding carboxylic acids is 2. The molecule has 0 aliphatic heterocycles. The van der Waals surface area contributed by atoms with Crippen LogP contribution in [0.2, 0.25) is 0 Å². The van der Waals surface area contributed by atoms with E-state index in [4.69, 9.17) is 0 Å². The van der Waals surface area contributed by atoms with Gasteiger partial charge in [0, 0.05) is 21.8 Å². The first kappa shape index (κ1) is 13.4. The summed E-state index contributed by atoms with van der Waals surface area (Å²) in [6, 6.07) is 4.80. The summed E-state index contributed by atoms with van der Waals surface area (Å²) in [5.41, 5.74) is 0.997. The van der Waals surface area contributed by atoms with Crippen LogP contribution in [0.25, 0.3) is 0 Å². The molecule has 1 aromatic carbocycles. The quantitative estimate of drug-likeness (QED) is 0.476. The summed E-state index contributed by atoms with van der Waals surface area (Å²) in [6.45, 7) is 0. The zero-order chi connectivity index (χ0) is 12.1. The van der Waals surface area contributed by atoms with Crippen molar-refractivity contribution in [2.45, 2.75) is 6.42 Å². The van der Waals surface area contributed by atoms with Crippen molar-refractivity contribution < 1.29 is 14.3 Å². The number of benzene rings is 1. The largest absolute Gasteiger partial charge is 0.465 e. The standard InChI is InChI=1S/C11H10Br2O3/c1-16-11(15)7-2-3-8(9(13)6-7)10(14)4-5-12/h2-3,6H,4-5H2,1H3. The van der Waals surface area contributed by atoms with Crippen LogP contribution in [-0.2, 0) is 4.74 Å². The lowest BCUT2D eigenvalue weighted by molar-refractivity contribution is 0.0600. The van der Waals surface area contributed by atoms with Crippen molar-refractivity contribution in [3.8, 4) is 0 Å². The van der Waals surface area contributed by atoms with Crippen molar-refractivity contribution in [1.29, 1.82) is 0 Å². The Morgan fingerprint density at radius 3 is 2.56 bits per heavy atom. The number of ether oxygens (including phenoxy) is 1. The summed E-state index contributed by atoms with van der Waals surface area (Å²) in [7, 11) is 1.32. The smallest absolute Gasteiger partial charge is 0.337 e. The maximum absolute atomic E-state index is 11.6. The van der Waals surface area contributed by atoms with Crippen molar-refractivity contribution >= 4 is 43.6 Å². The van der Waals surface area contributed by atoms with E-state index in [0.717, 1.165) is 0 Å². The van der Waals surface area contributed by atoms with E-state index in [-0.39, 0.29) is 5.78 Å². The molecule has 1 rings (SSSR count). The normalized spacial score (nSPS) is 9.94. The molecule has 0 aromatic heterocycles. The van der Waals surface area contributed by atoms with E-state index in [1.54, 1.807) is 18.2 Å². The summed E-state index contributed by atoms with van der Waals surface area (Å²) >= 11 is 6.48. The molecule has 0 aliphatic carbocycles. The van der Waals surface area contributed by atoms with Crippen LogP contribution in [0.4, 0.5) is 0 Å². The SMILES string of the molecule is COC(=O)c1ccc(C(=O)CCBr)c(Br)c1. The molecular weight excluding hydrogens is 340 g/mol. The Balaban J connectivity index is 3.00. The van der Waals surface area contributed by atoms with Crippen LogP contribution in [0.15, 0.2) is 22.7 Å². The van der Waals surface area contributed by atoms with Crippen molar-refractivity contribution in [2.24, 2.45) is 0 Å². The fourth-order valence-electron chi connectivity index (χ4n) is 1.21. The summed E-state index contributed by atoms with van der Waals surface area (Å²) < 4.78 is 5.20. The number of alkyl halides is 1. The lowest BCUT2D eigenvalue weighted by Gasteiger charge is -2.04. The Kier molecular flexibility index (Phi) is 5.15. The van der Waals surface area contributed by atoms with Gasteiger partial charge in [0.2, 0.25) is 0 Å². The monoisotopic (exact) mass is 348 g/mol. The van der Waals surface area contributed by atoms with E-state index >= 15 is 0 Å². The molecule has 0 saturated carbocycles. The number of hydrogen-bond donors (Lipinski definition) is 0. The number of carbonyl (C=O) groups is 2. The van der Waals surface area contributed by atoms with Gasteiger partial charge < -0.3 is 4.74 Å². The Bertz CT molecular complexity index is 416. The van der Waals surface area contributed by atoms with Gasteiger partial charge in [-0.25, -0.2) is 4.79 Å². The minimum absolute atomic E-state index is 0.0279. The van der Waals surface area contributed by atoms with Crippen LogP contribution in [0, 0.1) is 0 Å². The van der Waals surface area contributed by atoms with Crippen LogP contribution >= 0.6 is 31.9 Å². The van der Waals surface area contributed by atoms with E-state index in [2.05, 4.69) is 36.6 Å². The molecule has 0 heterocycles. The lowest BCUT2D eigenvalue weighted by atomic mass is 10.1. The molecule has 16 heavy (non-hydrogen) atoms. The summed E-state index contributed by atoms with van der Waals surface area (Å²) in [6.07, 6.45) is 0.427. The number of methoxy groups -OCH3 is 1. The highest BCUT2D eigenvalue weighted by atomic mass is 79.9. The first-order chi connectivity index (χ1) is 7.60. The second-order valence-corrected chi connectivity index (χ2v) is 4.70. The number of halogens is 2. The zero-order valence-electron chi connectivity index (χ0n) is 8.63. The summed E-state index contributed by atoms with van der Waals surface area (Å²) in [5.74, 6) is -0.389. The topological polar surface area (TPSA) is 43.4 Å². The molecule has 5 heteroatoms. The van der Waals surface area contributed by atoms with Gasteiger partial charge in [0.05, 0.1) is 12.7 Å². The highest BCUT2D eigenvalue weighted by molar-refractivity contribution is 9.10. The third-order valence-electron chi connectivity index (χ3n) is 2.01. The zero-order valence-corrected chi connectivity index (χ0v) is 11.8. The Labute approximate surface area is 110 Å². The van der Waals surface area contributed by atoms with E-state index in [9.17, 15) is 9.59 Å². The molecule has 0 spiro atoms. The Morgan fingerprint density at radius 2 is 2.06 bits per heavy atom. The van der Waals surface area contributed by atoms with Gasteiger partial charge in [-0.1, -0.05) is 31.9 Å². The second-order valence-electron chi connectivity index (χ2n) is 3.05. The average molecular weight is 350 g/mol. The van der Waals surface area contributed by atoms with Crippen molar-refractivity contribution in [3.63, 3.8) is 0 Å². The van der Waals surface area contributed by atoms with Crippen LogP contribution in [0.5, 0.6) is 0 Å². The number of rotatable bonds is 4. The number of Topliss-reactive ketones (excluding diaryl/α,β-unsaturated/α-hetero) is 1. The molecule has 0 N–H and O–H groups in total. The summed E-state index contributed by atoms with van der Waals surface area (Å²) in [4.78, 5) is 22.9. The highest BCUT2D eigenvalue weighted by Crippen LogP contribution is 2.20. The molecule has 0 radical (unpaired) electrons. The van der Waals surface area contributed by atoms with Crippen LogP contribution < -0.4 is 0 Å². The van der Waals surface area contributed by atoms with Gasteiger partial charge in [-0.2, -0.15) is 0 Å². The maximum Gasteiger partial charge on any atom is 0.337 e. The van der Waals surface area contributed by atoms with Gasteiger partial charge in [-0.15, -0.1) is 0 Å². The van der Waals surface area contributed by atoms with Crippen LogP contribution in [0.3, 0.4) is 0 Å². The number of esters is 1. The molecule has 0 fully saturated rings. The van der Waals surface area contributed by atoms with Gasteiger partial charge in [0.15, 0.2) is 5.78 Å². The van der Waals surface area contributed by atoms with Gasteiger partial charge in [-0.05, 0) is 18.2 Å². The fourth-order valence-corrected chi connectivity index (χ4v) is 2.17. The predicted octanol–water partition coefficient (Wildman–Crippen LogP) is 3.20. The van der Waals surface area contributed by atoms with Crippen molar-refractivity contribution in [1.82, 2.24) is 0 Å². The molecule has 1 aromatic rings. The third kappa shape index (κ3) is 3.15. The summed E-state index contributed by atoms with van der Waals surface area (Å²) in [5, 5.41) is 0.622. The van der Waals surface area contributed by atoms with Gasteiger partial charge >= 0.3 is 5.97 Å². The van der Waals surface area contributed by atoms with E-state index in [1.807, 2.05) is 0 Å². The van der Waals surface area contributed by atoms with Crippen molar-refractivity contribution in [3.05, 3.63) is 33.8 Å². The van der Waals surface area contributed by atoms with E-state index < -0.39 is 5.97 Å². The van der Waals surface area contributed by atoms with Crippen molar-refractivity contribution in [2.75, 3.05) is 12.4 Å². The van der Waals surface area contributed by atoms with Gasteiger partial charge in [0.1, 0.15) is 0 Å². The minimum Gasteiger partial charge on any atom is -0.465 e. The second kappa shape index (κ2) is 6.15. The van der Waals surface area contributed by atoms with Crippen LogP contribution in [-0.4, -0.2) is 24.2 Å². The molecule has 3 nitrogen and oxygen atoms in total. The molecule has 0 saturated heterocycles. The van der Waals surface area contributed by atoms with E-state index in [0.29, 0.717) is 27.4 Å². The first-order valence-electron chi connectivity index (χ1n) is 4.57. The lowest BCUT2D eigenvalue weighted by Crippen LogP contribution is -2.05. The highest BCUT2D eigenvalue weighted by Gasteiger charge is 2.12. The number of ketones is 1. The van der Waals surface area contributed by atoms with E-state index in [1.165, 1.54) is 7.11 Å². The Hall–Kier alpha value is -0.680. The van der Waals surface area contributed by atoms with Crippen LogP contribution in [0.1, 0.15) is 27.1 Å². The van der Waals surface area contributed by atoms with Gasteiger partial charge in [-0.3, -0.25) is 4.79 Å². The molecule has 0 atom stereocenters.